The lowest BCUT2D eigenvalue weighted by Crippen LogP contribution is -2.27. The number of hydrogen-bond acceptors (Lipinski definition) is 5. The van der Waals surface area contributed by atoms with Gasteiger partial charge in [0.15, 0.2) is 0 Å². The van der Waals surface area contributed by atoms with Gasteiger partial charge in [0.1, 0.15) is 5.82 Å². The van der Waals surface area contributed by atoms with Gasteiger partial charge in [-0.2, -0.15) is 10.1 Å². The van der Waals surface area contributed by atoms with E-state index in [1.54, 1.807) is 23.0 Å². The van der Waals surface area contributed by atoms with Gasteiger partial charge in [-0.15, -0.1) is 0 Å². The molecule has 0 aliphatic carbocycles. The Morgan fingerprint density at radius 3 is 2.77 bits per heavy atom. The van der Waals surface area contributed by atoms with Crippen molar-refractivity contribution >= 4 is 5.91 Å². The van der Waals surface area contributed by atoms with Crippen LogP contribution < -0.4 is 5.32 Å². The molecule has 0 bridgehead atoms. The number of aryl methyl sites for hydroxylation is 1. The second-order valence-corrected chi connectivity index (χ2v) is 7.24. The summed E-state index contributed by atoms with van der Waals surface area (Å²) in [5.41, 5.74) is 3.19. The van der Waals surface area contributed by atoms with Crippen molar-refractivity contribution in [2.45, 2.75) is 32.7 Å². The molecule has 0 saturated carbocycles. The lowest BCUT2D eigenvalue weighted by Gasteiger charge is -2.14. The van der Waals surface area contributed by atoms with Gasteiger partial charge >= 0.3 is 0 Å². The summed E-state index contributed by atoms with van der Waals surface area (Å²) in [6.45, 7) is 3.78. The predicted octanol–water partition coefficient (Wildman–Crippen LogP) is 4.18. The molecule has 0 aliphatic rings. The number of halogens is 1. The molecular formula is C23H22FN5O2. The van der Waals surface area contributed by atoms with E-state index < -0.39 is 0 Å². The summed E-state index contributed by atoms with van der Waals surface area (Å²) in [6.07, 6.45) is 2.26. The van der Waals surface area contributed by atoms with Crippen LogP contribution in [-0.4, -0.2) is 25.8 Å². The monoisotopic (exact) mass is 419 g/mol. The molecule has 2 aromatic carbocycles. The third-order valence-electron chi connectivity index (χ3n) is 5.01. The van der Waals surface area contributed by atoms with Crippen molar-refractivity contribution in [3.8, 4) is 17.1 Å². The molecule has 1 atom stereocenters. The van der Waals surface area contributed by atoms with Gasteiger partial charge in [0, 0.05) is 29.7 Å². The van der Waals surface area contributed by atoms with Gasteiger partial charge in [-0.25, -0.2) is 9.07 Å². The zero-order valence-electron chi connectivity index (χ0n) is 17.2. The summed E-state index contributed by atoms with van der Waals surface area (Å²) in [5, 5.41) is 11.3. The normalized spacial score (nSPS) is 12.0. The highest BCUT2D eigenvalue weighted by atomic mass is 19.1. The van der Waals surface area contributed by atoms with E-state index in [0.717, 1.165) is 16.8 Å². The number of carbonyl (C=O) groups excluding carboxylic acids is 1. The summed E-state index contributed by atoms with van der Waals surface area (Å²) in [4.78, 5) is 16.8. The molecule has 7 nitrogen and oxygen atoms in total. The number of carbonyl (C=O) groups is 1. The van der Waals surface area contributed by atoms with Gasteiger partial charge in [0.05, 0.1) is 17.9 Å². The predicted molar refractivity (Wildman–Crippen MR) is 113 cm³/mol. The first-order valence-electron chi connectivity index (χ1n) is 9.99. The van der Waals surface area contributed by atoms with Crippen LogP contribution in [0, 0.1) is 12.7 Å². The minimum absolute atomic E-state index is 0.134. The number of aromatic nitrogens is 4. The standard InChI is InChI=1S/C23H22FN5O2/c1-15(20-14-25-29(16(20)2)19-10-6-9-18(24)13-19)26-21(30)11-12-22-27-23(28-31-22)17-7-4-3-5-8-17/h3-10,13-15H,11-12H2,1-2H3,(H,26,30)/t15-/m0/s1. The van der Waals surface area contributed by atoms with Crippen LogP contribution in [0.5, 0.6) is 0 Å². The van der Waals surface area contributed by atoms with Crippen molar-refractivity contribution in [3.63, 3.8) is 0 Å². The highest BCUT2D eigenvalue weighted by molar-refractivity contribution is 5.76. The number of hydrogen-bond donors (Lipinski definition) is 1. The number of nitrogens with one attached hydrogen (secondary N) is 1. The van der Waals surface area contributed by atoms with Crippen LogP contribution >= 0.6 is 0 Å². The molecule has 8 heteroatoms. The quantitative estimate of drug-likeness (QED) is 0.486. The lowest BCUT2D eigenvalue weighted by molar-refractivity contribution is -0.121. The fourth-order valence-electron chi connectivity index (χ4n) is 3.39. The van der Waals surface area contributed by atoms with E-state index in [0.29, 0.717) is 23.8 Å². The zero-order chi connectivity index (χ0) is 21.8. The van der Waals surface area contributed by atoms with Crippen LogP contribution in [0.15, 0.2) is 65.3 Å². The minimum Gasteiger partial charge on any atom is -0.349 e. The van der Waals surface area contributed by atoms with Crippen LogP contribution in [-0.2, 0) is 11.2 Å². The number of benzene rings is 2. The first-order valence-corrected chi connectivity index (χ1v) is 9.99. The molecule has 0 saturated heterocycles. The van der Waals surface area contributed by atoms with Crippen LogP contribution in [0.3, 0.4) is 0 Å². The Morgan fingerprint density at radius 1 is 1.19 bits per heavy atom. The Bertz CT molecular complexity index is 1190. The molecule has 4 aromatic rings. The highest BCUT2D eigenvalue weighted by Crippen LogP contribution is 2.21. The van der Waals surface area contributed by atoms with E-state index >= 15 is 0 Å². The fourth-order valence-corrected chi connectivity index (χ4v) is 3.39. The number of nitrogens with zero attached hydrogens (tertiary/aromatic N) is 4. The van der Waals surface area contributed by atoms with Crippen LogP contribution in [0.2, 0.25) is 0 Å². The molecule has 1 amide bonds. The molecule has 158 valence electrons. The van der Waals surface area contributed by atoms with Crippen molar-refractivity contribution in [1.82, 2.24) is 25.2 Å². The van der Waals surface area contributed by atoms with Crippen molar-refractivity contribution in [3.05, 3.63) is 83.8 Å². The van der Waals surface area contributed by atoms with Crippen LogP contribution in [0.4, 0.5) is 4.39 Å². The van der Waals surface area contributed by atoms with Gasteiger partial charge in [-0.3, -0.25) is 4.79 Å². The summed E-state index contributed by atoms with van der Waals surface area (Å²) >= 11 is 0. The van der Waals surface area contributed by atoms with Gasteiger partial charge < -0.3 is 9.84 Å². The molecule has 2 heterocycles. The van der Waals surface area contributed by atoms with E-state index in [2.05, 4.69) is 20.6 Å². The minimum atomic E-state index is -0.327. The van der Waals surface area contributed by atoms with Gasteiger partial charge in [0.25, 0.3) is 0 Å². The molecule has 4 rings (SSSR count). The molecule has 0 aliphatic heterocycles. The van der Waals surface area contributed by atoms with E-state index in [1.165, 1.54) is 12.1 Å². The summed E-state index contributed by atoms with van der Waals surface area (Å²) < 4.78 is 20.4. The average Bonchev–Trinajstić information content (AvgIpc) is 3.40. The lowest BCUT2D eigenvalue weighted by atomic mass is 10.1. The Morgan fingerprint density at radius 2 is 2.00 bits per heavy atom. The smallest absolute Gasteiger partial charge is 0.227 e. The fraction of sp³-hybridized carbons (Fsp3) is 0.217. The first-order chi connectivity index (χ1) is 15.0. The molecular weight excluding hydrogens is 397 g/mol. The summed E-state index contributed by atoms with van der Waals surface area (Å²) in [7, 11) is 0. The van der Waals surface area contributed by atoms with E-state index in [9.17, 15) is 9.18 Å². The summed E-state index contributed by atoms with van der Waals surface area (Å²) in [6, 6.07) is 15.5. The SMILES string of the molecule is Cc1c([C@H](C)NC(=O)CCc2nc(-c3ccccc3)no2)cnn1-c1cccc(F)c1. The second-order valence-electron chi connectivity index (χ2n) is 7.24. The van der Waals surface area contributed by atoms with Crippen molar-refractivity contribution < 1.29 is 13.7 Å². The topological polar surface area (TPSA) is 85.8 Å². The van der Waals surface area contributed by atoms with Crippen molar-refractivity contribution in [2.75, 3.05) is 0 Å². The molecule has 0 radical (unpaired) electrons. The third kappa shape index (κ3) is 4.69. The molecule has 1 N–H and O–H groups in total. The first kappa shape index (κ1) is 20.5. The maximum absolute atomic E-state index is 13.5. The summed E-state index contributed by atoms with van der Waals surface area (Å²) in [5.74, 6) is 0.457. The Hall–Kier alpha value is -3.81. The highest BCUT2D eigenvalue weighted by Gasteiger charge is 2.17. The van der Waals surface area contributed by atoms with E-state index in [-0.39, 0.29) is 24.2 Å². The van der Waals surface area contributed by atoms with Crippen molar-refractivity contribution in [2.24, 2.45) is 0 Å². The van der Waals surface area contributed by atoms with Gasteiger partial charge in [-0.1, -0.05) is 41.6 Å². The third-order valence-corrected chi connectivity index (χ3v) is 5.01. The molecule has 0 unspecified atom stereocenters. The number of rotatable bonds is 7. The van der Waals surface area contributed by atoms with E-state index in [1.807, 2.05) is 44.2 Å². The zero-order valence-corrected chi connectivity index (χ0v) is 17.2. The van der Waals surface area contributed by atoms with Crippen LogP contribution in [0.25, 0.3) is 17.1 Å². The molecule has 0 fully saturated rings. The molecule has 0 spiro atoms. The molecule has 31 heavy (non-hydrogen) atoms. The largest absolute Gasteiger partial charge is 0.349 e. The van der Waals surface area contributed by atoms with E-state index in [4.69, 9.17) is 4.52 Å². The van der Waals surface area contributed by atoms with Gasteiger partial charge in [-0.05, 0) is 32.0 Å². The average molecular weight is 419 g/mol. The molecule has 2 aromatic heterocycles. The van der Waals surface area contributed by atoms with Crippen LogP contribution in [0.1, 0.15) is 36.5 Å². The number of amides is 1. The van der Waals surface area contributed by atoms with Gasteiger partial charge in [0.2, 0.25) is 17.6 Å². The second kappa shape index (κ2) is 8.91. The van der Waals surface area contributed by atoms with Crippen molar-refractivity contribution in [1.29, 1.82) is 0 Å². The Balaban J connectivity index is 1.36. The maximum atomic E-state index is 13.5. The Kier molecular flexibility index (Phi) is 5.88. The Labute approximate surface area is 178 Å². The maximum Gasteiger partial charge on any atom is 0.227 e.